The minimum Gasteiger partial charge on any atom is -0.344 e. The minimum atomic E-state index is -0.324. The first-order valence-corrected chi connectivity index (χ1v) is 7.14. The molecule has 5 heteroatoms. The summed E-state index contributed by atoms with van der Waals surface area (Å²) in [6.07, 6.45) is 2.45. The Morgan fingerprint density at radius 2 is 2.15 bits per heavy atom. The van der Waals surface area contributed by atoms with Crippen LogP contribution in [0.2, 0.25) is 0 Å². The van der Waals surface area contributed by atoms with E-state index in [1.54, 1.807) is 4.90 Å². The normalized spacial score (nSPS) is 23.4. The third-order valence-electron chi connectivity index (χ3n) is 3.90. The van der Waals surface area contributed by atoms with Gasteiger partial charge in [0, 0.05) is 18.7 Å². The van der Waals surface area contributed by atoms with Gasteiger partial charge in [0.2, 0.25) is 11.8 Å². The molecule has 0 radical (unpaired) electrons. The van der Waals surface area contributed by atoms with Crippen molar-refractivity contribution in [3.05, 3.63) is 29.6 Å². The molecule has 3 rings (SSSR count). The smallest absolute Gasteiger partial charge is 0.245 e. The highest BCUT2D eigenvalue weighted by Crippen LogP contribution is 2.34. The van der Waals surface area contributed by atoms with Gasteiger partial charge in [-0.15, -0.1) is 0 Å². The summed E-state index contributed by atoms with van der Waals surface area (Å²) in [6.45, 7) is 2.90. The van der Waals surface area contributed by atoms with Crippen LogP contribution in [0.3, 0.4) is 0 Å². The van der Waals surface area contributed by atoms with Crippen molar-refractivity contribution in [2.24, 2.45) is 5.92 Å². The second-order valence-corrected chi connectivity index (χ2v) is 5.66. The van der Waals surface area contributed by atoms with E-state index in [1.165, 1.54) is 0 Å². The van der Waals surface area contributed by atoms with Gasteiger partial charge in [0.15, 0.2) is 0 Å². The Hall–Kier alpha value is -1.91. The molecule has 2 amide bonds. The van der Waals surface area contributed by atoms with Crippen molar-refractivity contribution in [3.8, 4) is 0 Å². The van der Waals surface area contributed by atoms with Gasteiger partial charge in [-0.25, -0.2) is 0 Å². The lowest BCUT2D eigenvalue weighted by atomic mass is 10.1. The van der Waals surface area contributed by atoms with Crippen LogP contribution in [-0.2, 0) is 16.1 Å². The van der Waals surface area contributed by atoms with Crippen molar-refractivity contribution in [2.45, 2.75) is 38.8 Å². The van der Waals surface area contributed by atoms with E-state index in [9.17, 15) is 9.59 Å². The molecule has 1 atom stereocenters. The van der Waals surface area contributed by atoms with Gasteiger partial charge in [0.05, 0.1) is 12.2 Å². The van der Waals surface area contributed by atoms with Crippen LogP contribution in [-0.4, -0.2) is 34.3 Å². The lowest BCUT2D eigenvalue weighted by molar-refractivity contribution is -0.134. The van der Waals surface area contributed by atoms with Gasteiger partial charge >= 0.3 is 0 Å². The van der Waals surface area contributed by atoms with Crippen molar-refractivity contribution in [3.63, 3.8) is 0 Å². The summed E-state index contributed by atoms with van der Waals surface area (Å²) in [7, 11) is 0. The van der Waals surface area contributed by atoms with Crippen LogP contribution < -0.4 is 5.32 Å². The molecule has 0 aromatic carbocycles. The first kappa shape index (κ1) is 13.1. The van der Waals surface area contributed by atoms with Gasteiger partial charge in [0.1, 0.15) is 6.04 Å². The summed E-state index contributed by atoms with van der Waals surface area (Å²) in [5.74, 6) is 0.356. The van der Waals surface area contributed by atoms with E-state index < -0.39 is 0 Å². The molecule has 0 spiro atoms. The topological polar surface area (TPSA) is 62.3 Å². The van der Waals surface area contributed by atoms with Crippen LogP contribution in [0, 0.1) is 12.8 Å². The van der Waals surface area contributed by atoms with Crippen LogP contribution in [0.4, 0.5) is 0 Å². The van der Waals surface area contributed by atoms with Gasteiger partial charge in [-0.3, -0.25) is 14.6 Å². The number of nitrogens with one attached hydrogen (secondary N) is 1. The highest BCUT2D eigenvalue weighted by atomic mass is 16.2. The molecule has 1 aromatic heterocycles. The Morgan fingerprint density at radius 3 is 2.85 bits per heavy atom. The largest absolute Gasteiger partial charge is 0.344 e. The molecule has 0 bridgehead atoms. The van der Waals surface area contributed by atoms with Gasteiger partial charge in [-0.05, 0) is 37.8 Å². The summed E-state index contributed by atoms with van der Waals surface area (Å²) in [4.78, 5) is 30.5. The number of nitrogens with zero attached hydrogens (tertiary/aromatic N) is 2. The Bertz CT molecular complexity index is 540. The van der Waals surface area contributed by atoms with Crippen molar-refractivity contribution in [2.75, 3.05) is 6.54 Å². The first-order valence-electron chi connectivity index (χ1n) is 7.14. The molecule has 1 N–H and O–H groups in total. The summed E-state index contributed by atoms with van der Waals surface area (Å²) < 4.78 is 0. The number of amides is 2. The maximum atomic E-state index is 12.5. The number of rotatable bonds is 3. The highest BCUT2D eigenvalue weighted by molar-refractivity contribution is 5.90. The van der Waals surface area contributed by atoms with Crippen molar-refractivity contribution >= 4 is 11.8 Å². The zero-order chi connectivity index (χ0) is 14.1. The van der Waals surface area contributed by atoms with E-state index in [-0.39, 0.29) is 17.9 Å². The molecule has 1 aromatic rings. The zero-order valence-corrected chi connectivity index (χ0v) is 11.6. The Labute approximate surface area is 118 Å². The fourth-order valence-electron chi connectivity index (χ4n) is 2.64. The van der Waals surface area contributed by atoms with Crippen LogP contribution >= 0.6 is 0 Å². The average Bonchev–Trinajstić information content (AvgIpc) is 3.24. The molecule has 2 aliphatic rings. The lowest BCUT2D eigenvalue weighted by Gasteiger charge is -2.23. The SMILES string of the molecule is Cc1cccc(CN2CCC(=O)NC(C3CC3)C2=O)n1. The number of carbonyl (C=O) groups excluding carboxylic acids is 2. The predicted molar refractivity (Wildman–Crippen MR) is 73.7 cm³/mol. The van der Waals surface area contributed by atoms with E-state index in [1.807, 2.05) is 25.1 Å². The molecular formula is C15H19N3O2. The fraction of sp³-hybridized carbons (Fsp3) is 0.533. The van der Waals surface area contributed by atoms with Crippen molar-refractivity contribution in [1.29, 1.82) is 0 Å². The third kappa shape index (κ3) is 2.81. The second kappa shape index (κ2) is 5.23. The molecule has 1 unspecified atom stereocenters. The number of aryl methyl sites for hydroxylation is 1. The third-order valence-corrected chi connectivity index (χ3v) is 3.90. The van der Waals surface area contributed by atoms with E-state index in [2.05, 4.69) is 10.3 Å². The van der Waals surface area contributed by atoms with Gasteiger partial charge in [-0.2, -0.15) is 0 Å². The number of hydrogen-bond donors (Lipinski definition) is 1. The van der Waals surface area contributed by atoms with Crippen LogP contribution in [0.1, 0.15) is 30.7 Å². The molecule has 106 valence electrons. The highest BCUT2D eigenvalue weighted by Gasteiger charge is 2.40. The van der Waals surface area contributed by atoms with E-state index in [0.717, 1.165) is 24.2 Å². The second-order valence-electron chi connectivity index (χ2n) is 5.66. The molecular weight excluding hydrogens is 254 g/mol. The Morgan fingerprint density at radius 1 is 1.35 bits per heavy atom. The lowest BCUT2D eigenvalue weighted by Crippen LogP contribution is -2.45. The molecule has 5 nitrogen and oxygen atoms in total. The van der Waals surface area contributed by atoms with Crippen molar-refractivity contribution < 1.29 is 9.59 Å². The molecule has 2 fully saturated rings. The molecule has 2 heterocycles. The van der Waals surface area contributed by atoms with Crippen LogP contribution in [0.5, 0.6) is 0 Å². The quantitative estimate of drug-likeness (QED) is 0.894. The molecule has 20 heavy (non-hydrogen) atoms. The Kier molecular flexibility index (Phi) is 3.42. The number of aromatic nitrogens is 1. The fourth-order valence-corrected chi connectivity index (χ4v) is 2.64. The Balaban J connectivity index is 1.76. The predicted octanol–water partition coefficient (Wildman–Crippen LogP) is 1.02. The average molecular weight is 273 g/mol. The van der Waals surface area contributed by atoms with E-state index >= 15 is 0 Å². The standard InChI is InChI=1S/C15H19N3O2/c1-10-3-2-4-12(16-10)9-18-8-7-13(19)17-14(15(18)20)11-5-6-11/h2-4,11,14H,5-9H2,1H3,(H,17,19). The first-order chi connectivity index (χ1) is 9.63. The summed E-state index contributed by atoms with van der Waals surface area (Å²) in [6, 6.07) is 5.48. The maximum absolute atomic E-state index is 12.5. The summed E-state index contributed by atoms with van der Waals surface area (Å²) >= 11 is 0. The number of pyridine rings is 1. The maximum Gasteiger partial charge on any atom is 0.245 e. The molecule has 1 saturated carbocycles. The van der Waals surface area contributed by atoms with Crippen LogP contribution in [0.15, 0.2) is 18.2 Å². The molecule has 1 aliphatic carbocycles. The van der Waals surface area contributed by atoms with Crippen LogP contribution in [0.25, 0.3) is 0 Å². The monoisotopic (exact) mass is 273 g/mol. The van der Waals surface area contributed by atoms with E-state index in [0.29, 0.717) is 25.4 Å². The summed E-state index contributed by atoms with van der Waals surface area (Å²) in [5, 5.41) is 2.87. The molecule has 1 saturated heterocycles. The number of carbonyl (C=O) groups is 2. The van der Waals surface area contributed by atoms with Gasteiger partial charge < -0.3 is 10.2 Å². The minimum absolute atomic E-state index is 0.0186. The van der Waals surface area contributed by atoms with E-state index in [4.69, 9.17) is 0 Å². The molecule has 1 aliphatic heterocycles. The van der Waals surface area contributed by atoms with Crippen molar-refractivity contribution in [1.82, 2.24) is 15.2 Å². The number of hydrogen-bond acceptors (Lipinski definition) is 3. The van der Waals surface area contributed by atoms with Gasteiger partial charge in [0.25, 0.3) is 0 Å². The summed E-state index contributed by atoms with van der Waals surface area (Å²) in [5.41, 5.74) is 1.82. The zero-order valence-electron chi connectivity index (χ0n) is 11.6. The van der Waals surface area contributed by atoms with Gasteiger partial charge in [-0.1, -0.05) is 6.07 Å².